The molecule has 2 unspecified atom stereocenters. The van der Waals surface area contributed by atoms with Crippen LogP contribution in [-0.2, 0) is 6.61 Å². The van der Waals surface area contributed by atoms with Crippen molar-refractivity contribution >= 4 is 12.6 Å². The van der Waals surface area contributed by atoms with Crippen molar-refractivity contribution in [2.24, 2.45) is 0 Å². The van der Waals surface area contributed by atoms with Gasteiger partial charge < -0.3 is 20.4 Å². The normalized spacial score (nSPS) is 14.9. The zero-order valence-electron chi connectivity index (χ0n) is 8.04. The molecule has 0 heterocycles. The van der Waals surface area contributed by atoms with Gasteiger partial charge in [-0.3, -0.25) is 0 Å². The van der Waals surface area contributed by atoms with E-state index in [9.17, 15) is 15.3 Å². The van der Waals surface area contributed by atoms with Crippen LogP contribution in [0.15, 0.2) is 18.2 Å². The molecule has 0 bridgehead atoms. The first-order valence-electron chi connectivity index (χ1n) is 4.49. The first-order valence-corrected chi connectivity index (χ1v) is 5.13. The molecule has 0 aliphatic rings. The van der Waals surface area contributed by atoms with Crippen LogP contribution in [0.25, 0.3) is 0 Å². The van der Waals surface area contributed by atoms with Crippen molar-refractivity contribution in [3.05, 3.63) is 29.3 Å². The maximum Gasteiger partial charge on any atom is 0.121 e. The van der Waals surface area contributed by atoms with E-state index < -0.39 is 12.2 Å². The molecule has 1 aromatic carbocycles. The zero-order chi connectivity index (χ0) is 11.4. The lowest BCUT2D eigenvalue weighted by atomic mass is 10.0. The Balaban J connectivity index is 2.95. The van der Waals surface area contributed by atoms with E-state index in [2.05, 4.69) is 12.6 Å². The van der Waals surface area contributed by atoms with Gasteiger partial charge in [0.25, 0.3) is 0 Å². The van der Waals surface area contributed by atoms with E-state index in [1.807, 2.05) is 0 Å². The van der Waals surface area contributed by atoms with Crippen molar-refractivity contribution in [2.75, 3.05) is 5.75 Å². The van der Waals surface area contributed by atoms with E-state index in [0.29, 0.717) is 11.1 Å². The number of aliphatic hydroxyl groups is 3. The first kappa shape index (κ1) is 12.3. The third kappa shape index (κ3) is 2.85. The number of aromatic hydroxyl groups is 1. The van der Waals surface area contributed by atoms with Gasteiger partial charge in [0.05, 0.1) is 12.7 Å². The molecular formula is C10H14O4S. The van der Waals surface area contributed by atoms with Crippen LogP contribution in [0, 0.1) is 0 Å². The van der Waals surface area contributed by atoms with Crippen LogP contribution in [0.3, 0.4) is 0 Å². The summed E-state index contributed by atoms with van der Waals surface area (Å²) in [5.74, 6) is 0.102. The second-order valence-electron chi connectivity index (χ2n) is 3.24. The lowest BCUT2D eigenvalue weighted by Gasteiger charge is -2.17. The third-order valence-electron chi connectivity index (χ3n) is 2.17. The molecule has 0 aliphatic heterocycles. The van der Waals surface area contributed by atoms with Crippen LogP contribution in [0.4, 0.5) is 0 Å². The van der Waals surface area contributed by atoms with Gasteiger partial charge in [0.15, 0.2) is 0 Å². The molecule has 84 valence electrons. The summed E-state index contributed by atoms with van der Waals surface area (Å²) >= 11 is 3.87. The lowest BCUT2D eigenvalue weighted by Crippen LogP contribution is -2.19. The first-order chi connectivity index (χ1) is 7.10. The largest absolute Gasteiger partial charge is 0.508 e. The number of phenols is 1. The summed E-state index contributed by atoms with van der Waals surface area (Å²) in [6.07, 6.45) is -2.03. The highest BCUT2D eigenvalue weighted by Crippen LogP contribution is 2.24. The van der Waals surface area contributed by atoms with Gasteiger partial charge in [0.1, 0.15) is 11.9 Å². The molecule has 0 spiro atoms. The van der Waals surface area contributed by atoms with E-state index in [-0.39, 0.29) is 18.1 Å². The molecule has 0 saturated heterocycles. The van der Waals surface area contributed by atoms with Gasteiger partial charge in [0.2, 0.25) is 0 Å². The minimum absolute atomic E-state index is 0.0335. The number of aliphatic hydroxyl groups excluding tert-OH is 3. The van der Waals surface area contributed by atoms with Gasteiger partial charge in [-0.1, -0.05) is 6.07 Å². The van der Waals surface area contributed by atoms with Gasteiger partial charge in [0, 0.05) is 11.3 Å². The van der Waals surface area contributed by atoms with Crippen molar-refractivity contribution in [3.63, 3.8) is 0 Å². The van der Waals surface area contributed by atoms with Crippen LogP contribution < -0.4 is 0 Å². The minimum Gasteiger partial charge on any atom is -0.508 e. The quantitative estimate of drug-likeness (QED) is 0.479. The molecule has 4 N–H and O–H groups in total. The smallest absolute Gasteiger partial charge is 0.121 e. The molecule has 4 nitrogen and oxygen atoms in total. The van der Waals surface area contributed by atoms with Crippen LogP contribution in [-0.4, -0.2) is 32.3 Å². The van der Waals surface area contributed by atoms with E-state index in [1.165, 1.54) is 18.2 Å². The summed E-state index contributed by atoms with van der Waals surface area (Å²) < 4.78 is 0. The summed E-state index contributed by atoms with van der Waals surface area (Å²) in [6.45, 7) is -0.316. The van der Waals surface area contributed by atoms with Crippen LogP contribution in [0.2, 0.25) is 0 Å². The maximum atomic E-state index is 9.64. The molecule has 1 aromatic rings. The van der Waals surface area contributed by atoms with Gasteiger partial charge in [-0.15, -0.1) is 0 Å². The fourth-order valence-electron chi connectivity index (χ4n) is 1.24. The predicted molar refractivity (Wildman–Crippen MR) is 58.8 cm³/mol. The van der Waals surface area contributed by atoms with Gasteiger partial charge >= 0.3 is 0 Å². The Kier molecular flexibility index (Phi) is 4.41. The molecule has 0 amide bonds. The lowest BCUT2D eigenvalue weighted by molar-refractivity contribution is 0.0336. The molecule has 0 aromatic heterocycles. The Morgan fingerprint density at radius 1 is 1.27 bits per heavy atom. The molecule has 0 radical (unpaired) electrons. The average molecular weight is 230 g/mol. The number of benzene rings is 1. The molecular weight excluding hydrogens is 216 g/mol. The topological polar surface area (TPSA) is 80.9 Å². The SMILES string of the molecule is OCc1cc(C(O)C(O)CS)ccc1O. The van der Waals surface area contributed by atoms with Crippen molar-refractivity contribution in [1.29, 1.82) is 0 Å². The van der Waals surface area contributed by atoms with E-state index >= 15 is 0 Å². The Bertz CT molecular complexity index is 329. The van der Waals surface area contributed by atoms with Crippen molar-refractivity contribution in [2.45, 2.75) is 18.8 Å². The molecule has 0 fully saturated rings. The number of thiol groups is 1. The molecule has 5 heteroatoms. The van der Waals surface area contributed by atoms with Crippen molar-refractivity contribution < 1.29 is 20.4 Å². The third-order valence-corrected chi connectivity index (χ3v) is 2.54. The fraction of sp³-hybridized carbons (Fsp3) is 0.400. The zero-order valence-corrected chi connectivity index (χ0v) is 8.93. The Morgan fingerprint density at radius 2 is 1.93 bits per heavy atom. The number of rotatable bonds is 4. The summed E-state index contributed by atoms with van der Waals surface area (Å²) in [6, 6.07) is 4.31. The summed E-state index contributed by atoms with van der Waals surface area (Å²) in [7, 11) is 0. The van der Waals surface area contributed by atoms with Crippen LogP contribution in [0.1, 0.15) is 17.2 Å². The van der Waals surface area contributed by atoms with Crippen molar-refractivity contribution in [3.8, 4) is 5.75 Å². The van der Waals surface area contributed by atoms with Crippen LogP contribution in [0.5, 0.6) is 5.75 Å². The summed E-state index contributed by atoms with van der Waals surface area (Å²) in [5, 5.41) is 37.2. The molecule has 15 heavy (non-hydrogen) atoms. The molecule has 0 saturated carbocycles. The van der Waals surface area contributed by atoms with E-state index in [0.717, 1.165) is 0 Å². The molecule has 2 atom stereocenters. The minimum atomic E-state index is -1.06. The van der Waals surface area contributed by atoms with Crippen LogP contribution >= 0.6 is 12.6 Å². The maximum absolute atomic E-state index is 9.64. The average Bonchev–Trinajstić information content (AvgIpc) is 2.27. The predicted octanol–water partition coefficient (Wildman–Crippen LogP) is 0.209. The van der Waals surface area contributed by atoms with Gasteiger partial charge in [-0.25, -0.2) is 0 Å². The second-order valence-corrected chi connectivity index (χ2v) is 3.61. The second kappa shape index (κ2) is 5.37. The summed E-state index contributed by atoms with van der Waals surface area (Å²) in [4.78, 5) is 0. The highest BCUT2D eigenvalue weighted by Gasteiger charge is 2.17. The Labute approximate surface area is 93.2 Å². The summed E-state index contributed by atoms with van der Waals surface area (Å²) in [5.41, 5.74) is 0.760. The van der Waals surface area contributed by atoms with Gasteiger partial charge in [-0.2, -0.15) is 12.6 Å². The highest BCUT2D eigenvalue weighted by atomic mass is 32.1. The standard InChI is InChI=1S/C10H14O4S/c11-4-7-3-6(1-2-8(7)12)10(14)9(13)5-15/h1-3,9-15H,4-5H2. The number of hydrogen-bond donors (Lipinski definition) is 5. The van der Waals surface area contributed by atoms with E-state index in [1.54, 1.807) is 0 Å². The Hall–Kier alpha value is -0.750. The van der Waals surface area contributed by atoms with Crippen molar-refractivity contribution in [1.82, 2.24) is 0 Å². The van der Waals surface area contributed by atoms with Gasteiger partial charge in [-0.05, 0) is 17.7 Å². The molecule has 1 rings (SSSR count). The fourth-order valence-corrected chi connectivity index (χ4v) is 1.44. The van der Waals surface area contributed by atoms with E-state index in [4.69, 9.17) is 5.11 Å². The molecule has 0 aliphatic carbocycles. The Morgan fingerprint density at radius 3 is 2.47 bits per heavy atom. The number of hydrogen-bond acceptors (Lipinski definition) is 5. The highest BCUT2D eigenvalue weighted by molar-refractivity contribution is 7.80. The monoisotopic (exact) mass is 230 g/mol.